The van der Waals surface area contributed by atoms with E-state index in [2.05, 4.69) is 34.1 Å². The molecule has 3 heteroatoms. The van der Waals surface area contributed by atoms with Crippen LogP contribution in [0.4, 0.5) is 0 Å². The molecular weight excluding hydrogens is 260 g/mol. The molecule has 0 N–H and O–H groups in total. The van der Waals surface area contributed by atoms with Crippen molar-refractivity contribution in [2.24, 2.45) is 0 Å². The molecule has 2 heterocycles. The lowest BCUT2D eigenvalue weighted by molar-refractivity contribution is 0.0384. The van der Waals surface area contributed by atoms with Crippen molar-refractivity contribution in [1.29, 1.82) is 0 Å². The summed E-state index contributed by atoms with van der Waals surface area (Å²) in [5, 5.41) is 0. The van der Waals surface area contributed by atoms with Gasteiger partial charge < -0.3 is 4.74 Å². The fourth-order valence-electron chi connectivity index (χ4n) is 3.30. The van der Waals surface area contributed by atoms with Gasteiger partial charge in [0.15, 0.2) is 0 Å². The van der Waals surface area contributed by atoms with Crippen LogP contribution in [-0.2, 0) is 17.7 Å². The minimum atomic E-state index is 0.898. The van der Waals surface area contributed by atoms with Crippen LogP contribution in [0.15, 0.2) is 24.3 Å². The Labute approximate surface area is 128 Å². The summed E-state index contributed by atoms with van der Waals surface area (Å²) >= 11 is 0. The van der Waals surface area contributed by atoms with E-state index in [-0.39, 0.29) is 0 Å². The molecule has 1 aromatic rings. The van der Waals surface area contributed by atoms with Crippen LogP contribution >= 0.6 is 0 Å². The fourth-order valence-corrected chi connectivity index (χ4v) is 3.30. The summed E-state index contributed by atoms with van der Waals surface area (Å²) < 4.78 is 5.39. The highest BCUT2D eigenvalue weighted by atomic mass is 16.5. The molecule has 116 valence electrons. The highest BCUT2D eigenvalue weighted by molar-refractivity contribution is 5.22. The number of hydrogen-bond donors (Lipinski definition) is 0. The van der Waals surface area contributed by atoms with Crippen molar-refractivity contribution in [2.75, 3.05) is 45.9 Å². The molecule has 0 radical (unpaired) electrons. The fraction of sp³-hybridized carbons (Fsp3) is 0.667. The highest BCUT2D eigenvalue weighted by Gasteiger charge is 2.11. The molecule has 2 aliphatic rings. The maximum atomic E-state index is 5.39. The van der Waals surface area contributed by atoms with Gasteiger partial charge >= 0.3 is 0 Å². The number of benzene rings is 1. The van der Waals surface area contributed by atoms with Gasteiger partial charge in [-0.1, -0.05) is 30.7 Å². The van der Waals surface area contributed by atoms with Crippen LogP contribution in [0.2, 0.25) is 0 Å². The number of hydrogen-bond acceptors (Lipinski definition) is 3. The Balaban J connectivity index is 1.44. The predicted molar refractivity (Wildman–Crippen MR) is 86.5 cm³/mol. The molecule has 0 amide bonds. The van der Waals surface area contributed by atoms with E-state index in [4.69, 9.17) is 4.74 Å². The summed E-state index contributed by atoms with van der Waals surface area (Å²) in [5.74, 6) is 0. The van der Waals surface area contributed by atoms with Gasteiger partial charge in [-0.3, -0.25) is 9.80 Å². The van der Waals surface area contributed by atoms with Gasteiger partial charge in [-0.25, -0.2) is 0 Å². The lowest BCUT2D eigenvalue weighted by Crippen LogP contribution is -2.37. The molecule has 0 unspecified atom stereocenters. The smallest absolute Gasteiger partial charge is 0.0594 e. The summed E-state index contributed by atoms with van der Waals surface area (Å²) in [6.07, 6.45) is 5.32. The molecule has 0 atom stereocenters. The van der Waals surface area contributed by atoms with Crippen molar-refractivity contribution >= 4 is 0 Å². The van der Waals surface area contributed by atoms with Gasteiger partial charge in [0.2, 0.25) is 0 Å². The summed E-state index contributed by atoms with van der Waals surface area (Å²) in [6.45, 7) is 8.82. The molecule has 0 saturated carbocycles. The van der Waals surface area contributed by atoms with Crippen molar-refractivity contribution in [3.8, 4) is 0 Å². The molecule has 2 saturated heterocycles. The van der Waals surface area contributed by atoms with Crippen LogP contribution in [0, 0.1) is 0 Å². The molecule has 3 rings (SSSR count). The number of likely N-dealkylation sites (tertiary alicyclic amines) is 1. The average Bonchev–Trinajstić information content (AvgIpc) is 2.56. The van der Waals surface area contributed by atoms with E-state index in [0.717, 1.165) is 45.8 Å². The van der Waals surface area contributed by atoms with Gasteiger partial charge in [-0.2, -0.15) is 0 Å². The normalized spacial score (nSPS) is 21.5. The van der Waals surface area contributed by atoms with Crippen LogP contribution < -0.4 is 0 Å². The number of piperidine rings is 1. The first-order valence-electron chi connectivity index (χ1n) is 8.50. The maximum Gasteiger partial charge on any atom is 0.0594 e. The molecule has 0 aromatic heterocycles. The summed E-state index contributed by atoms with van der Waals surface area (Å²) in [6, 6.07) is 9.28. The summed E-state index contributed by atoms with van der Waals surface area (Å²) in [5.41, 5.74) is 2.93. The molecule has 0 bridgehead atoms. The first-order valence-corrected chi connectivity index (χ1v) is 8.50. The van der Waals surface area contributed by atoms with Gasteiger partial charge in [0.05, 0.1) is 13.2 Å². The molecule has 2 fully saturated rings. The summed E-state index contributed by atoms with van der Waals surface area (Å²) in [7, 11) is 0. The van der Waals surface area contributed by atoms with Gasteiger partial charge in [-0.15, -0.1) is 0 Å². The molecule has 3 nitrogen and oxygen atoms in total. The van der Waals surface area contributed by atoms with E-state index in [1.54, 1.807) is 0 Å². The number of rotatable bonds is 5. The predicted octanol–water partition coefficient (Wildman–Crippen LogP) is 2.55. The van der Waals surface area contributed by atoms with E-state index in [0.29, 0.717) is 0 Å². The van der Waals surface area contributed by atoms with Crippen LogP contribution in [0.5, 0.6) is 0 Å². The lowest BCUT2D eigenvalue weighted by atomic mass is 10.1. The van der Waals surface area contributed by atoms with E-state index >= 15 is 0 Å². The first kappa shape index (κ1) is 15.0. The van der Waals surface area contributed by atoms with Crippen molar-refractivity contribution in [1.82, 2.24) is 9.80 Å². The zero-order chi connectivity index (χ0) is 14.3. The minimum Gasteiger partial charge on any atom is -0.379 e. The van der Waals surface area contributed by atoms with E-state index in [1.165, 1.54) is 43.5 Å². The third-order valence-corrected chi connectivity index (χ3v) is 4.70. The second-order valence-electron chi connectivity index (χ2n) is 6.36. The van der Waals surface area contributed by atoms with Gasteiger partial charge in [-0.05, 0) is 43.5 Å². The standard InChI is InChI=1S/C18H28N2O/c1-2-9-20(10-3-1)16-18-6-4-17(5-7-18)8-11-19-12-14-21-15-13-19/h4-7H,1-3,8-16H2. The van der Waals surface area contributed by atoms with Crippen molar-refractivity contribution in [2.45, 2.75) is 32.2 Å². The third-order valence-electron chi connectivity index (χ3n) is 4.70. The number of morpholine rings is 1. The number of ether oxygens (including phenoxy) is 1. The minimum absolute atomic E-state index is 0.898. The SMILES string of the molecule is c1cc(CN2CCCCC2)ccc1CCN1CCOCC1. The Morgan fingerprint density at radius 2 is 1.43 bits per heavy atom. The van der Waals surface area contributed by atoms with Crippen LogP contribution in [0.25, 0.3) is 0 Å². The Hall–Kier alpha value is -0.900. The largest absolute Gasteiger partial charge is 0.379 e. The second-order valence-corrected chi connectivity index (χ2v) is 6.36. The van der Waals surface area contributed by atoms with Crippen molar-refractivity contribution in [3.05, 3.63) is 35.4 Å². The van der Waals surface area contributed by atoms with E-state index in [1.807, 2.05) is 0 Å². The lowest BCUT2D eigenvalue weighted by Gasteiger charge is -2.27. The summed E-state index contributed by atoms with van der Waals surface area (Å²) in [4.78, 5) is 5.09. The van der Waals surface area contributed by atoms with Gasteiger partial charge in [0, 0.05) is 26.2 Å². The van der Waals surface area contributed by atoms with E-state index < -0.39 is 0 Å². The Kier molecular flexibility index (Phi) is 5.67. The molecular formula is C18H28N2O. The van der Waals surface area contributed by atoms with Crippen LogP contribution in [0.3, 0.4) is 0 Å². The van der Waals surface area contributed by atoms with Crippen LogP contribution in [-0.4, -0.2) is 55.7 Å². The topological polar surface area (TPSA) is 15.7 Å². The average molecular weight is 288 g/mol. The second kappa shape index (κ2) is 7.92. The zero-order valence-electron chi connectivity index (χ0n) is 13.1. The first-order chi connectivity index (χ1) is 10.4. The van der Waals surface area contributed by atoms with Crippen molar-refractivity contribution in [3.63, 3.8) is 0 Å². The third kappa shape index (κ3) is 4.80. The highest BCUT2D eigenvalue weighted by Crippen LogP contribution is 2.14. The quantitative estimate of drug-likeness (QED) is 0.828. The number of nitrogens with zero attached hydrogens (tertiary/aromatic N) is 2. The molecule has 1 aromatic carbocycles. The molecule has 0 aliphatic carbocycles. The zero-order valence-corrected chi connectivity index (χ0v) is 13.1. The van der Waals surface area contributed by atoms with E-state index in [9.17, 15) is 0 Å². The Morgan fingerprint density at radius 3 is 2.14 bits per heavy atom. The van der Waals surface area contributed by atoms with Crippen molar-refractivity contribution < 1.29 is 4.74 Å². The van der Waals surface area contributed by atoms with Gasteiger partial charge in [0.1, 0.15) is 0 Å². The monoisotopic (exact) mass is 288 g/mol. The maximum absolute atomic E-state index is 5.39. The molecule has 21 heavy (non-hydrogen) atoms. The molecule has 0 spiro atoms. The van der Waals surface area contributed by atoms with Gasteiger partial charge in [0.25, 0.3) is 0 Å². The van der Waals surface area contributed by atoms with Crippen LogP contribution in [0.1, 0.15) is 30.4 Å². The Morgan fingerprint density at radius 1 is 0.762 bits per heavy atom. The molecule has 2 aliphatic heterocycles. The Bertz CT molecular complexity index is 406.